The molecule has 5 heteroatoms. The Kier molecular flexibility index (Phi) is 4.48. The highest BCUT2D eigenvalue weighted by Crippen LogP contribution is 2.42. The van der Waals surface area contributed by atoms with Crippen LogP contribution in [0.25, 0.3) is 0 Å². The zero-order valence-electron chi connectivity index (χ0n) is 11.6. The summed E-state index contributed by atoms with van der Waals surface area (Å²) in [7, 11) is 2.74. The van der Waals surface area contributed by atoms with Gasteiger partial charge in [0.2, 0.25) is 0 Å². The van der Waals surface area contributed by atoms with Crippen molar-refractivity contribution in [1.82, 2.24) is 0 Å². The van der Waals surface area contributed by atoms with Crippen LogP contribution in [0.3, 0.4) is 0 Å². The predicted molar refractivity (Wildman–Crippen MR) is 77.2 cm³/mol. The number of fused-ring (bicyclic) bond motifs is 1. The third-order valence-electron chi connectivity index (χ3n) is 3.88. The van der Waals surface area contributed by atoms with Gasteiger partial charge in [-0.1, -0.05) is 22.0 Å². The van der Waals surface area contributed by atoms with E-state index >= 15 is 0 Å². The monoisotopic (exact) mass is 340 g/mol. The minimum absolute atomic E-state index is 0.223. The summed E-state index contributed by atoms with van der Waals surface area (Å²) in [6.07, 6.45) is 1.88. The van der Waals surface area contributed by atoms with Crippen molar-refractivity contribution in [2.75, 3.05) is 14.2 Å². The minimum atomic E-state index is -0.647. The van der Waals surface area contributed by atoms with E-state index in [4.69, 9.17) is 4.74 Å². The van der Waals surface area contributed by atoms with Crippen LogP contribution in [0.4, 0.5) is 0 Å². The second-order valence-electron chi connectivity index (χ2n) is 5.11. The van der Waals surface area contributed by atoms with Gasteiger partial charge >= 0.3 is 11.9 Å². The van der Waals surface area contributed by atoms with E-state index < -0.39 is 5.41 Å². The quantitative estimate of drug-likeness (QED) is 0.790. The highest BCUT2D eigenvalue weighted by molar-refractivity contribution is 9.10. The van der Waals surface area contributed by atoms with Crippen LogP contribution in [-0.4, -0.2) is 26.2 Å². The lowest BCUT2D eigenvalue weighted by Crippen LogP contribution is -2.34. The molecule has 0 radical (unpaired) electrons. The standard InChI is InChI=1S/C15H17BrO4/c1-19-13(17)5-6-15(14(18)20-2)8-10-3-4-12(16)7-11(10)9-15/h3-4,7H,5-6,8-9H2,1-2H3. The molecule has 0 saturated carbocycles. The Morgan fingerprint density at radius 2 is 1.90 bits per heavy atom. The number of ether oxygens (including phenoxy) is 2. The van der Waals surface area contributed by atoms with Crippen LogP contribution in [0.5, 0.6) is 0 Å². The lowest BCUT2D eigenvalue weighted by molar-refractivity contribution is -0.153. The Hall–Kier alpha value is -1.36. The van der Waals surface area contributed by atoms with Crippen LogP contribution in [0, 0.1) is 5.41 Å². The van der Waals surface area contributed by atoms with Gasteiger partial charge < -0.3 is 9.47 Å². The minimum Gasteiger partial charge on any atom is -0.469 e. The molecule has 1 aromatic rings. The molecule has 0 amide bonds. The number of benzene rings is 1. The average molecular weight is 341 g/mol. The number of carbonyl (C=O) groups excluding carboxylic acids is 2. The first-order chi connectivity index (χ1) is 9.50. The largest absolute Gasteiger partial charge is 0.469 e. The zero-order chi connectivity index (χ0) is 14.8. The fourth-order valence-electron chi connectivity index (χ4n) is 2.81. The van der Waals surface area contributed by atoms with Crippen molar-refractivity contribution in [2.45, 2.75) is 25.7 Å². The fraction of sp³-hybridized carbons (Fsp3) is 0.467. The van der Waals surface area contributed by atoms with Crippen molar-refractivity contribution in [3.8, 4) is 0 Å². The fourth-order valence-corrected chi connectivity index (χ4v) is 3.21. The maximum Gasteiger partial charge on any atom is 0.312 e. The molecule has 1 atom stereocenters. The van der Waals surface area contributed by atoms with E-state index in [1.165, 1.54) is 14.2 Å². The van der Waals surface area contributed by atoms with Gasteiger partial charge in [0.15, 0.2) is 0 Å². The van der Waals surface area contributed by atoms with Gasteiger partial charge in [-0.05, 0) is 42.5 Å². The Morgan fingerprint density at radius 3 is 2.55 bits per heavy atom. The normalized spacial score (nSPS) is 20.4. The third-order valence-corrected chi connectivity index (χ3v) is 4.37. The Labute approximate surface area is 126 Å². The summed E-state index contributed by atoms with van der Waals surface area (Å²) in [5.41, 5.74) is 1.63. The molecule has 20 heavy (non-hydrogen) atoms. The Bertz CT molecular complexity index is 541. The molecule has 0 N–H and O–H groups in total. The van der Waals surface area contributed by atoms with Crippen molar-refractivity contribution in [2.24, 2.45) is 5.41 Å². The molecule has 1 aliphatic rings. The van der Waals surface area contributed by atoms with Gasteiger partial charge in [0.1, 0.15) is 0 Å². The number of hydrogen-bond acceptors (Lipinski definition) is 4. The van der Waals surface area contributed by atoms with Gasteiger partial charge in [-0.15, -0.1) is 0 Å². The van der Waals surface area contributed by atoms with Gasteiger partial charge in [-0.25, -0.2) is 0 Å². The topological polar surface area (TPSA) is 52.6 Å². The molecule has 0 spiro atoms. The summed E-state index contributed by atoms with van der Waals surface area (Å²) >= 11 is 3.44. The number of esters is 2. The van der Waals surface area contributed by atoms with Crippen LogP contribution in [0.2, 0.25) is 0 Å². The van der Waals surface area contributed by atoms with E-state index in [9.17, 15) is 9.59 Å². The molecule has 0 heterocycles. The Morgan fingerprint density at radius 1 is 1.20 bits per heavy atom. The molecule has 108 valence electrons. The van der Waals surface area contributed by atoms with Crippen LogP contribution in [0.1, 0.15) is 24.0 Å². The molecular formula is C15H17BrO4. The molecule has 4 nitrogen and oxygen atoms in total. The number of halogens is 1. The number of methoxy groups -OCH3 is 2. The van der Waals surface area contributed by atoms with Crippen molar-refractivity contribution >= 4 is 27.9 Å². The maximum absolute atomic E-state index is 12.2. The lowest BCUT2D eigenvalue weighted by atomic mass is 9.80. The smallest absolute Gasteiger partial charge is 0.312 e. The number of carbonyl (C=O) groups is 2. The van der Waals surface area contributed by atoms with Crippen LogP contribution in [-0.2, 0) is 31.9 Å². The van der Waals surface area contributed by atoms with Crippen LogP contribution < -0.4 is 0 Å². The van der Waals surface area contributed by atoms with E-state index in [-0.39, 0.29) is 18.4 Å². The SMILES string of the molecule is COC(=O)CCC1(C(=O)OC)Cc2ccc(Br)cc2C1. The van der Waals surface area contributed by atoms with Crippen molar-refractivity contribution in [3.63, 3.8) is 0 Å². The van der Waals surface area contributed by atoms with Crippen LogP contribution in [0.15, 0.2) is 22.7 Å². The second-order valence-corrected chi connectivity index (χ2v) is 6.03. The third kappa shape index (κ3) is 2.87. The molecular weight excluding hydrogens is 324 g/mol. The van der Waals surface area contributed by atoms with Crippen molar-refractivity contribution in [3.05, 3.63) is 33.8 Å². The van der Waals surface area contributed by atoms with E-state index in [1.54, 1.807) is 0 Å². The van der Waals surface area contributed by atoms with Gasteiger partial charge in [0.25, 0.3) is 0 Å². The summed E-state index contributed by atoms with van der Waals surface area (Å²) in [5, 5.41) is 0. The van der Waals surface area contributed by atoms with Gasteiger partial charge in [-0.2, -0.15) is 0 Å². The van der Waals surface area contributed by atoms with E-state index in [0.717, 1.165) is 15.6 Å². The highest BCUT2D eigenvalue weighted by atomic mass is 79.9. The second kappa shape index (κ2) is 5.95. The molecule has 0 saturated heterocycles. The van der Waals surface area contributed by atoms with E-state index in [1.807, 2.05) is 18.2 Å². The molecule has 0 bridgehead atoms. The highest BCUT2D eigenvalue weighted by Gasteiger charge is 2.44. The molecule has 1 unspecified atom stereocenters. The van der Waals surface area contributed by atoms with Crippen molar-refractivity contribution in [1.29, 1.82) is 0 Å². The molecule has 2 rings (SSSR count). The first-order valence-corrected chi connectivity index (χ1v) is 7.22. The molecule has 1 aliphatic carbocycles. The predicted octanol–water partition coefficient (Wildman–Crippen LogP) is 2.66. The maximum atomic E-state index is 12.2. The molecule has 0 aromatic heterocycles. The zero-order valence-corrected chi connectivity index (χ0v) is 13.2. The van der Waals surface area contributed by atoms with Gasteiger partial charge in [0.05, 0.1) is 19.6 Å². The summed E-state index contributed by atoms with van der Waals surface area (Å²) in [4.78, 5) is 23.6. The average Bonchev–Trinajstić information content (AvgIpc) is 2.82. The van der Waals surface area contributed by atoms with E-state index in [2.05, 4.69) is 20.7 Å². The number of rotatable bonds is 4. The molecule has 1 aromatic carbocycles. The first kappa shape index (κ1) is 15.0. The van der Waals surface area contributed by atoms with E-state index in [0.29, 0.717) is 19.3 Å². The van der Waals surface area contributed by atoms with Crippen molar-refractivity contribution < 1.29 is 19.1 Å². The summed E-state index contributed by atoms with van der Waals surface area (Å²) < 4.78 is 10.6. The molecule has 0 aliphatic heterocycles. The Balaban J connectivity index is 2.23. The first-order valence-electron chi connectivity index (χ1n) is 6.43. The summed E-state index contributed by atoms with van der Waals surface area (Å²) in [6.45, 7) is 0. The summed E-state index contributed by atoms with van der Waals surface area (Å²) in [5.74, 6) is -0.556. The lowest BCUT2D eigenvalue weighted by Gasteiger charge is -2.25. The molecule has 0 fully saturated rings. The van der Waals surface area contributed by atoms with Crippen LogP contribution >= 0.6 is 15.9 Å². The number of hydrogen-bond donors (Lipinski definition) is 0. The summed E-state index contributed by atoms with van der Waals surface area (Å²) in [6, 6.07) is 6.01. The van der Waals surface area contributed by atoms with Gasteiger partial charge in [-0.3, -0.25) is 9.59 Å². The van der Waals surface area contributed by atoms with Gasteiger partial charge in [0, 0.05) is 10.9 Å².